The van der Waals surface area contributed by atoms with E-state index < -0.39 is 11.9 Å². The Balaban J connectivity index is 1.78. The molecule has 3 atom stereocenters. The van der Waals surface area contributed by atoms with Crippen LogP contribution in [0.2, 0.25) is 0 Å². The summed E-state index contributed by atoms with van der Waals surface area (Å²) in [4.78, 5) is 11.9. The van der Waals surface area contributed by atoms with Crippen LogP contribution in [-0.4, -0.2) is 31.1 Å². The summed E-state index contributed by atoms with van der Waals surface area (Å²) in [5.74, 6) is -0.0970. The van der Waals surface area contributed by atoms with Gasteiger partial charge in [-0.2, -0.15) is 0 Å². The predicted molar refractivity (Wildman–Crippen MR) is 78.7 cm³/mol. The standard InChI is InChI=1S/C17H28O4/c1-3-19-15(18)13(2)21-17-10-6-9-16(17,11-12-20-17)14-7-4-5-8-14/h13-14H,3-12H2,1-2H3/t13?,16?,17-/m0/s1. The summed E-state index contributed by atoms with van der Waals surface area (Å²) < 4.78 is 17.5. The van der Waals surface area contributed by atoms with Gasteiger partial charge in [0.15, 0.2) is 11.9 Å². The Morgan fingerprint density at radius 1 is 1.24 bits per heavy atom. The van der Waals surface area contributed by atoms with Gasteiger partial charge in [0.05, 0.1) is 13.2 Å². The normalized spacial score (nSPS) is 37.6. The van der Waals surface area contributed by atoms with E-state index >= 15 is 0 Å². The highest BCUT2D eigenvalue weighted by molar-refractivity contribution is 5.74. The molecule has 3 fully saturated rings. The molecular weight excluding hydrogens is 268 g/mol. The number of hydrogen-bond acceptors (Lipinski definition) is 4. The molecule has 2 unspecified atom stereocenters. The van der Waals surface area contributed by atoms with E-state index in [0.717, 1.165) is 25.9 Å². The zero-order chi connectivity index (χ0) is 14.9. The highest BCUT2D eigenvalue weighted by Gasteiger charge is 2.64. The molecule has 2 aliphatic carbocycles. The molecule has 0 bridgehead atoms. The monoisotopic (exact) mass is 296 g/mol. The van der Waals surface area contributed by atoms with Gasteiger partial charge in [-0.15, -0.1) is 0 Å². The lowest BCUT2D eigenvalue weighted by Crippen LogP contribution is -2.50. The number of hydrogen-bond donors (Lipinski definition) is 0. The highest BCUT2D eigenvalue weighted by Crippen LogP contribution is 2.63. The van der Waals surface area contributed by atoms with Crippen molar-refractivity contribution in [1.29, 1.82) is 0 Å². The van der Waals surface area contributed by atoms with Crippen molar-refractivity contribution in [2.24, 2.45) is 11.3 Å². The molecular formula is C17H28O4. The van der Waals surface area contributed by atoms with Gasteiger partial charge in [-0.1, -0.05) is 12.8 Å². The molecule has 2 saturated carbocycles. The molecule has 1 heterocycles. The Bertz CT molecular complexity index is 376. The Morgan fingerprint density at radius 2 is 2.00 bits per heavy atom. The first-order valence-corrected chi connectivity index (χ1v) is 8.62. The van der Waals surface area contributed by atoms with Crippen molar-refractivity contribution < 1.29 is 19.0 Å². The van der Waals surface area contributed by atoms with Crippen molar-refractivity contribution in [2.45, 2.75) is 77.1 Å². The predicted octanol–water partition coefficient (Wildman–Crippen LogP) is 3.43. The molecule has 0 spiro atoms. The Kier molecular flexibility index (Phi) is 4.28. The van der Waals surface area contributed by atoms with Gasteiger partial charge in [0.25, 0.3) is 0 Å². The minimum atomic E-state index is -0.540. The molecule has 0 aromatic heterocycles. The molecule has 3 aliphatic rings. The number of fused-ring (bicyclic) bond motifs is 1. The van der Waals surface area contributed by atoms with Crippen LogP contribution < -0.4 is 0 Å². The average molecular weight is 296 g/mol. The SMILES string of the molecule is CCOC(=O)C(C)O[C@@]12CCCC1(C1CCCC1)CCO2. The van der Waals surface area contributed by atoms with Gasteiger partial charge in [-0.25, -0.2) is 4.79 Å². The van der Waals surface area contributed by atoms with Gasteiger partial charge >= 0.3 is 5.97 Å². The van der Waals surface area contributed by atoms with Crippen LogP contribution in [0.15, 0.2) is 0 Å². The number of esters is 1. The molecule has 1 saturated heterocycles. The third-order valence-corrected chi connectivity index (χ3v) is 5.89. The summed E-state index contributed by atoms with van der Waals surface area (Å²) in [6.45, 7) is 4.79. The topological polar surface area (TPSA) is 44.8 Å². The van der Waals surface area contributed by atoms with Crippen LogP contribution in [0.25, 0.3) is 0 Å². The van der Waals surface area contributed by atoms with E-state index in [-0.39, 0.29) is 11.4 Å². The van der Waals surface area contributed by atoms with Gasteiger partial charge in [0.1, 0.15) is 0 Å². The number of carbonyl (C=O) groups excluding carboxylic acids is 1. The fraction of sp³-hybridized carbons (Fsp3) is 0.941. The second-order valence-electron chi connectivity index (χ2n) is 6.85. The fourth-order valence-electron chi connectivity index (χ4n) is 5.01. The number of ether oxygens (including phenoxy) is 3. The van der Waals surface area contributed by atoms with Crippen molar-refractivity contribution in [2.75, 3.05) is 13.2 Å². The lowest BCUT2D eigenvalue weighted by Gasteiger charge is -2.44. The largest absolute Gasteiger partial charge is 0.464 e. The summed E-state index contributed by atoms with van der Waals surface area (Å²) in [7, 11) is 0. The minimum absolute atomic E-state index is 0.143. The van der Waals surface area contributed by atoms with Crippen LogP contribution >= 0.6 is 0 Å². The van der Waals surface area contributed by atoms with E-state index in [0.29, 0.717) is 12.5 Å². The molecule has 0 aromatic rings. The van der Waals surface area contributed by atoms with Crippen LogP contribution in [0.1, 0.15) is 65.2 Å². The summed E-state index contributed by atoms with van der Waals surface area (Å²) in [5.41, 5.74) is 0.143. The van der Waals surface area contributed by atoms with Crippen molar-refractivity contribution in [3.8, 4) is 0 Å². The van der Waals surface area contributed by atoms with E-state index in [2.05, 4.69) is 0 Å². The molecule has 0 N–H and O–H groups in total. The van der Waals surface area contributed by atoms with Crippen LogP contribution in [0.3, 0.4) is 0 Å². The van der Waals surface area contributed by atoms with Crippen LogP contribution in [0.5, 0.6) is 0 Å². The molecule has 3 rings (SSSR count). The molecule has 0 radical (unpaired) electrons. The fourth-order valence-corrected chi connectivity index (χ4v) is 5.01. The lowest BCUT2D eigenvalue weighted by molar-refractivity contribution is -0.275. The zero-order valence-electron chi connectivity index (χ0n) is 13.4. The average Bonchev–Trinajstić information content (AvgIpc) is 3.11. The third-order valence-electron chi connectivity index (χ3n) is 5.89. The summed E-state index contributed by atoms with van der Waals surface area (Å²) >= 11 is 0. The van der Waals surface area contributed by atoms with Crippen LogP contribution in [0, 0.1) is 11.3 Å². The minimum Gasteiger partial charge on any atom is -0.464 e. The van der Waals surface area contributed by atoms with Gasteiger partial charge in [0.2, 0.25) is 0 Å². The van der Waals surface area contributed by atoms with E-state index in [1.165, 1.54) is 32.1 Å². The summed E-state index contributed by atoms with van der Waals surface area (Å²) in [6.07, 6.45) is 9.05. The highest BCUT2D eigenvalue weighted by atomic mass is 16.7. The molecule has 4 heteroatoms. The van der Waals surface area contributed by atoms with E-state index in [9.17, 15) is 4.79 Å². The third kappa shape index (κ3) is 2.40. The van der Waals surface area contributed by atoms with Crippen molar-refractivity contribution >= 4 is 5.97 Å². The Morgan fingerprint density at radius 3 is 2.71 bits per heavy atom. The van der Waals surface area contributed by atoms with E-state index in [1.54, 1.807) is 6.92 Å². The molecule has 0 amide bonds. The molecule has 0 aromatic carbocycles. The van der Waals surface area contributed by atoms with Crippen molar-refractivity contribution in [3.05, 3.63) is 0 Å². The first-order chi connectivity index (χ1) is 10.1. The van der Waals surface area contributed by atoms with Crippen molar-refractivity contribution in [3.63, 3.8) is 0 Å². The second kappa shape index (κ2) is 5.88. The lowest BCUT2D eigenvalue weighted by atomic mass is 9.68. The maximum absolute atomic E-state index is 11.9. The van der Waals surface area contributed by atoms with Gasteiger partial charge in [-0.3, -0.25) is 0 Å². The maximum Gasteiger partial charge on any atom is 0.335 e. The summed E-state index contributed by atoms with van der Waals surface area (Å²) in [6, 6.07) is 0. The van der Waals surface area contributed by atoms with Crippen LogP contribution in [-0.2, 0) is 19.0 Å². The number of carbonyl (C=O) groups is 1. The van der Waals surface area contributed by atoms with Gasteiger partial charge < -0.3 is 14.2 Å². The maximum atomic E-state index is 11.9. The smallest absolute Gasteiger partial charge is 0.335 e. The van der Waals surface area contributed by atoms with E-state index in [4.69, 9.17) is 14.2 Å². The first-order valence-electron chi connectivity index (χ1n) is 8.62. The second-order valence-corrected chi connectivity index (χ2v) is 6.85. The molecule has 1 aliphatic heterocycles. The molecule has 21 heavy (non-hydrogen) atoms. The van der Waals surface area contributed by atoms with Crippen LogP contribution in [0.4, 0.5) is 0 Å². The molecule has 120 valence electrons. The zero-order valence-corrected chi connectivity index (χ0v) is 13.4. The van der Waals surface area contributed by atoms with Crippen molar-refractivity contribution in [1.82, 2.24) is 0 Å². The quantitative estimate of drug-likeness (QED) is 0.729. The first kappa shape index (κ1) is 15.3. The Labute approximate surface area is 127 Å². The summed E-state index contributed by atoms with van der Waals surface area (Å²) in [5, 5.41) is 0. The Hall–Kier alpha value is -0.610. The van der Waals surface area contributed by atoms with E-state index in [1.807, 2.05) is 6.92 Å². The number of rotatable bonds is 5. The van der Waals surface area contributed by atoms with Gasteiger partial charge in [-0.05, 0) is 51.9 Å². The molecule has 4 nitrogen and oxygen atoms in total. The van der Waals surface area contributed by atoms with Gasteiger partial charge in [0, 0.05) is 11.8 Å².